The highest BCUT2D eigenvalue weighted by Crippen LogP contribution is 2.41. The van der Waals surface area contributed by atoms with Crippen molar-refractivity contribution < 1.29 is 17.2 Å². The van der Waals surface area contributed by atoms with Gasteiger partial charge < -0.3 is 0 Å². The van der Waals surface area contributed by atoms with Crippen LogP contribution in [0.4, 0.5) is 8.78 Å². The molecule has 0 fully saturated rings. The number of halogens is 3. The highest BCUT2D eigenvalue weighted by Gasteiger charge is 2.48. The van der Waals surface area contributed by atoms with Gasteiger partial charge in [0.15, 0.2) is 0 Å². The Kier molecular flexibility index (Phi) is 3.60. The van der Waals surface area contributed by atoms with Crippen LogP contribution in [-0.4, -0.2) is 8.42 Å². The minimum atomic E-state index is -4.83. The minimum Gasteiger partial charge on any atom is -0.217 e. The van der Waals surface area contributed by atoms with Gasteiger partial charge in [-0.2, -0.15) is 8.78 Å². The Morgan fingerprint density at radius 2 is 1.42 bits per heavy atom. The van der Waals surface area contributed by atoms with Crippen LogP contribution in [0.3, 0.4) is 0 Å². The quantitative estimate of drug-likeness (QED) is 0.862. The van der Waals surface area contributed by atoms with Crippen molar-refractivity contribution in [1.82, 2.24) is 0 Å². The molecule has 19 heavy (non-hydrogen) atoms. The van der Waals surface area contributed by atoms with E-state index in [-0.39, 0.29) is 5.02 Å². The van der Waals surface area contributed by atoms with Gasteiger partial charge in [-0.15, -0.1) is 0 Å². The molecular formula is C13H9ClF2O2S. The summed E-state index contributed by atoms with van der Waals surface area (Å²) in [6.07, 6.45) is 0. The van der Waals surface area contributed by atoms with Crippen molar-refractivity contribution in [2.45, 2.75) is 10.2 Å². The van der Waals surface area contributed by atoms with E-state index >= 15 is 0 Å². The average Bonchev–Trinajstić information content (AvgIpc) is 2.40. The van der Waals surface area contributed by atoms with E-state index in [4.69, 9.17) is 11.6 Å². The Balaban J connectivity index is 2.60. The molecule has 0 radical (unpaired) electrons. The van der Waals surface area contributed by atoms with Gasteiger partial charge in [0.1, 0.15) is 0 Å². The molecule has 2 aromatic carbocycles. The van der Waals surface area contributed by atoms with Gasteiger partial charge in [0.25, 0.3) is 0 Å². The van der Waals surface area contributed by atoms with Crippen LogP contribution in [0.15, 0.2) is 59.5 Å². The third-order valence-electron chi connectivity index (χ3n) is 2.58. The van der Waals surface area contributed by atoms with Gasteiger partial charge in [0.2, 0.25) is 9.84 Å². The van der Waals surface area contributed by atoms with Gasteiger partial charge in [-0.05, 0) is 18.2 Å². The van der Waals surface area contributed by atoms with Crippen molar-refractivity contribution in [3.05, 3.63) is 65.2 Å². The van der Waals surface area contributed by atoms with Crippen LogP contribution in [0.2, 0.25) is 5.02 Å². The molecule has 2 aromatic rings. The van der Waals surface area contributed by atoms with Crippen molar-refractivity contribution in [2.75, 3.05) is 0 Å². The second kappa shape index (κ2) is 4.90. The first-order chi connectivity index (χ1) is 8.87. The molecule has 0 aromatic heterocycles. The van der Waals surface area contributed by atoms with E-state index in [0.717, 1.165) is 18.2 Å². The summed E-state index contributed by atoms with van der Waals surface area (Å²) in [5.41, 5.74) is -0.722. The molecule has 0 bridgehead atoms. The fraction of sp³-hybridized carbons (Fsp3) is 0.0769. The Morgan fingerprint density at radius 1 is 0.895 bits per heavy atom. The maximum atomic E-state index is 14.2. The maximum Gasteiger partial charge on any atom is 0.376 e. The topological polar surface area (TPSA) is 34.1 Å². The fourth-order valence-electron chi connectivity index (χ4n) is 1.59. The Labute approximate surface area is 114 Å². The van der Waals surface area contributed by atoms with Crippen LogP contribution in [-0.2, 0) is 15.1 Å². The molecule has 6 heteroatoms. The van der Waals surface area contributed by atoms with Gasteiger partial charge in [0, 0.05) is 0 Å². The highest BCUT2D eigenvalue weighted by atomic mass is 35.5. The fourth-order valence-corrected chi connectivity index (χ4v) is 3.18. The van der Waals surface area contributed by atoms with Crippen LogP contribution in [0.5, 0.6) is 0 Å². The smallest absolute Gasteiger partial charge is 0.217 e. The van der Waals surface area contributed by atoms with E-state index in [2.05, 4.69) is 0 Å². The monoisotopic (exact) mass is 302 g/mol. The molecule has 0 N–H and O–H groups in total. The van der Waals surface area contributed by atoms with Crippen molar-refractivity contribution in [2.24, 2.45) is 0 Å². The molecule has 0 unspecified atom stereocenters. The Morgan fingerprint density at radius 3 is 2.00 bits per heavy atom. The van der Waals surface area contributed by atoms with Gasteiger partial charge in [-0.25, -0.2) is 8.42 Å². The molecule has 0 aliphatic carbocycles. The van der Waals surface area contributed by atoms with Gasteiger partial charge in [-0.1, -0.05) is 48.0 Å². The van der Waals surface area contributed by atoms with Gasteiger partial charge in [0.05, 0.1) is 15.5 Å². The normalized spacial score (nSPS) is 12.4. The Bertz CT molecular complexity index is 685. The standard InChI is InChI=1S/C13H9ClF2O2S/c14-12-9-5-4-8-11(12)13(15,16)19(17,18)10-6-2-1-3-7-10/h1-9H. The number of benzene rings is 2. The molecule has 0 atom stereocenters. The third-order valence-corrected chi connectivity index (χ3v) is 4.70. The predicted octanol–water partition coefficient (Wildman–Crippen LogP) is 3.86. The number of hydrogen-bond donors (Lipinski definition) is 0. The van der Waals surface area contributed by atoms with Gasteiger partial charge >= 0.3 is 5.25 Å². The van der Waals surface area contributed by atoms with Crippen LogP contribution >= 0.6 is 11.6 Å². The number of hydrogen-bond acceptors (Lipinski definition) is 2. The van der Waals surface area contributed by atoms with Crippen molar-refractivity contribution in [3.63, 3.8) is 0 Å². The zero-order valence-electron chi connectivity index (χ0n) is 9.55. The minimum absolute atomic E-state index is 0.285. The SMILES string of the molecule is O=S(=O)(c1ccccc1)C(F)(F)c1ccccc1Cl. The molecule has 0 saturated heterocycles. The lowest BCUT2D eigenvalue weighted by Gasteiger charge is -2.18. The summed E-state index contributed by atoms with van der Waals surface area (Å²) in [5.74, 6) is 0. The molecule has 0 saturated carbocycles. The molecule has 0 amide bonds. The van der Waals surface area contributed by atoms with Crippen LogP contribution in [0.25, 0.3) is 0 Å². The summed E-state index contributed by atoms with van der Waals surface area (Å²) < 4.78 is 52.4. The molecule has 0 aliphatic rings. The average molecular weight is 303 g/mol. The zero-order chi connectivity index (χ0) is 14.1. The lowest BCUT2D eigenvalue weighted by Crippen LogP contribution is -2.26. The van der Waals surface area contributed by atoms with Crippen LogP contribution in [0, 0.1) is 0 Å². The number of sulfone groups is 1. The largest absolute Gasteiger partial charge is 0.376 e. The second-order valence-electron chi connectivity index (χ2n) is 3.81. The van der Waals surface area contributed by atoms with E-state index < -0.39 is 25.6 Å². The molecule has 0 aliphatic heterocycles. The number of alkyl halides is 2. The van der Waals surface area contributed by atoms with Crippen molar-refractivity contribution in [3.8, 4) is 0 Å². The summed E-state index contributed by atoms with van der Waals surface area (Å²) >= 11 is 5.66. The summed E-state index contributed by atoms with van der Waals surface area (Å²) in [6.45, 7) is 0. The third kappa shape index (κ3) is 2.35. The molecule has 0 spiro atoms. The summed E-state index contributed by atoms with van der Waals surface area (Å²) in [7, 11) is -4.83. The first-order valence-electron chi connectivity index (χ1n) is 5.30. The summed E-state index contributed by atoms with van der Waals surface area (Å²) in [4.78, 5) is -0.445. The molecule has 2 rings (SSSR count). The molecular weight excluding hydrogens is 294 g/mol. The van der Waals surface area contributed by atoms with E-state index in [1.807, 2.05) is 0 Å². The van der Waals surface area contributed by atoms with Gasteiger partial charge in [-0.3, -0.25) is 0 Å². The van der Waals surface area contributed by atoms with E-state index in [0.29, 0.717) is 0 Å². The zero-order valence-corrected chi connectivity index (χ0v) is 11.1. The Hall–Kier alpha value is -1.46. The summed E-state index contributed by atoms with van der Waals surface area (Å²) in [5, 5.41) is -4.36. The first kappa shape index (κ1) is 14.0. The lowest BCUT2D eigenvalue weighted by molar-refractivity contribution is 0.0907. The lowest BCUT2D eigenvalue weighted by atomic mass is 10.2. The number of rotatable bonds is 3. The van der Waals surface area contributed by atoms with Crippen LogP contribution < -0.4 is 0 Å². The first-order valence-corrected chi connectivity index (χ1v) is 7.16. The van der Waals surface area contributed by atoms with E-state index in [9.17, 15) is 17.2 Å². The maximum absolute atomic E-state index is 14.2. The van der Waals surface area contributed by atoms with E-state index in [1.165, 1.54) is 30.3 Å². The van der Waals surface area contributed by atoms with E-state index in [1.54, 1.807) is 6.07 Å². The second-order valence-corrected chi connectivity index (χ2v) is 6.21. The highest BCUT2D eigenvalue weighted by molar-refractivity contribution is 7.92. The molecule has 0 heterocycles. The molecule has 2 nitrogen and oxygen atoms in total. The predicted molar refractivity (Wildman–Crippen MR) is 69.0 cm³/mol. The van der Waals surface area contributed by atoms with Crippen molar-refractivity contribution in [1.29, 1.82) is 0 Å². The van der Waals surface area contributed by atoms with Crippen molar-refractivity contribution >= 4 is 21.4 Å². The van der Waals surface area contributed by atoms with Crippen LogP contribution in [0.1, 0.15) is 5.56 Å². The molecule has 100 valence electrons. The summed E-state index contributed by atoms with van der Waals surface area (Å²) in [6, 6.07) is 11.6.